The number of hydrogen-bond donors (Lipinski definition) is 0. The lowest BCUT2D eigenvalue weighted by Crippen LogP contribution is -2.21. The van der Waals surface area contributed by atoms with Crippen LogP contribution in [0.1, 0.15) is 32.0 Å². The molecule has 1 aromatic carbocycles. The van der Waals surface area contributed by atoms with Gasteiger partial charge in [0.05, 0.1) is 25.8 Å². The van der Waals surface area contributed by atoms with E-state index in [9.17, 15) is 0 Å². The molecule has 0 saturated heterocycles. The summed E-state index contributed by atoms with van der Waals surface area (Å²) >= 11 is 0. The van der Waals surface area contributed by atoms with Gasteiger partial charge >= 0.3 is 0 Å². The quantitative estimate of drug-likeness (QED) is 0.782. The van der Waals surface area contributed by atoms with Gasteiger partial charge in [0, 0.05) is 17.6 Å². The van der Waals surface area contributed by atoms with Gasteiger partial charge in [-0.05, 0) is 17.0 Å². The topological polar surface area (TPSA) is 23.4 Å². The van der Waals surface area contributed by atoms with Crippen molar-refractivity contribution in [3.63, 3.8) is 0 Å². The second kappa shape index (κ2) is 4.27. The van der Waals surface area contributed by atoms with Crippen LogP contribution < -0.4 is 4.74 Å². The van der Waals surface area contributed by atoms with Crippen LogP contribution >= 0.6 is 0 Å². The Balaban J connectivity index is 2.42. The van der Waals surface area contributed by atoms with Crippen LogP contribution in [0.4, 0.5) is 0 Å². The number of benzene rings is 1. The lowest BCUT2D eigenvalue weighted by molar-refractivity contribution is 0.0849. The van der Waals surface area contributed by atoms with Gasteiger partial charge in [-0.2, -0.15) is 0 Å². The van der Waals surface area contributed by atoms with Gasteiger partial charge in [-0.3, -0.25) is 0 Å². The van der Waals surface area contributed by atoms with Gasteiger partial charge in [-0.25, -0.2) is 0 Å². The Labute approximate surface area is 114 Å². The van der Waals surface area contributed by atoms with Gasteiger partial charge in [0.2, 0.25) is 0 Å². The zero-order valence-corrected chi connectivity index (χ0v) is 12.1. The highest BCUT2D eigenvalue weighted by molar-refractivity contribution is 5.91. The molecule has 1 aromatic heterocycles. The maximum atomic E-state index is 5.67. The number of aromatic nitrogens is 1. The molecule has 0 saturated carbocycles. The zero-order valence-electron chi connectivity index (χ0n) is 12.1. The van der Waals surface area contributed by atoms with Crippen LogP contribution in [0.5, 0.6) is 5.75 Å². The Morgan fingerprint density at radius 3 is 2.74 bits per heavy atom. The van der Waals surface area contributed by atoms with E-state index >= 15 is 0 Å². The summed E-state index contributed by atoms with van der Waals surface area (Å²) in [5.74, 6) is 0.955. The van der Waals surface area contributed by atoms with Crippen molar-refractivity contribution in [3.8, 4) is 5.75 Å². The van der Waals surface area contributed by atoms with E-state index in [1.165, 1.54) is 22.2 Å². The summed E-state index contributed by atoms with van der Waals surface area (Å²) in [4.78, 5) is 0. The molecule has 3 nitrogen and oxygen atoms in total. The molecule has 3 rings (SSSR count). The number of fused-ring (bicyclic) bond motifs is 3. The Kier molecular flexibility index (Phi) is 2.82. The van der Waals surface area contributed by atoms with Crippen molar-refractivity contribution in [1.29, 1.82) is 0 Å². The van der Waals surface area contributed by atoms with E-state index in [0.29, 0.717) is 6.61 Å². The minimum absolute atomic E-state index is 0.103. The summed E-state index contributed by atoms with van der Waals surface area (Å²) in [6.07, 6.45) is 0. The van der Waals surface area contributed by atoms with Crippen LogP contribution in [0.25, 0.3) is 10.9 Å². The number of hydrogen-bond acceptors (Lipinski definition) is 2. The van der Waals surface area contributed by atoms with Crippen molar-refractivity contribution in [2.45, 2.75) is 39.3 Å². The standard InChI is InChI=1S/C16H21NO2/c1-16(2,3)14-11-6-5-7-13(18-4)15(11)17-8-9-19-10-12(14)17/h5-7H,8-10H2,1-4H3. The number of methoxy groups -OCH3 is 1. The SMILES string of the molecule is COc1cccc2c(C(C)(C)C)c3n(c12)CCOC3. The average Bonchev–Trinajstić information content (AvgIpc) is 2.72. The van der Waals surface area contributed by atoms with E-state index in [1.807, 2.05) is 6.07 Å². The van der Waals surface area contributed by atoms with E-state index in [2.05, 4.69) is 37.5 Å². The molecule has 3 heteroatoms. The van der Waals surface area contributed by atoms with Crippen molar-refractivity contribution in [2.75, 3.05) is 13.7 Å². The second-order valence-corrected chi connectivity index (χ2v) is 6.13. The smallest absolute Gasteiger partial charge is 0.143 e. The number of rotatable bonds is 1. The number of para-hydroxylation sites is 1. The summed E-state index contributed by atoms with van der Waals surface area (Å²) in [7, 11) is 1.74. The fourth-order valence-electron chi connectivity index (χ4n) is 3.15. The van der Waals surface area contributed by atoms with Crippen molar-refractivity contribution < 1.29 is 9.47 Å². The minimum atomic E-state index is 0.103. The van der Waals surface area contributed by atoms with Crippen molar-refractivity contribution in [1.82, 2.24) is 4.57 Å². The van der Waals surface area contributed by atoms with Gasteiger partial charge in [0.15, 0.2) is 0 Å². The van der Waals surface area contributed by atoms with E-state index < -0.39 is 0 Å². The molecule has 0 N–H and O–H groups in total. The summed E-state index contributed by atoms with van der Waals surface area (Å²) in [5.41, 5.74) is 4.01. The molecule has 0 bridgehead atoms. The zero-order chi connectivity index (χ0) is 13.6. The lowest BCUT2D eigenvalue weighted by Gasteiger charge is -2.24. The predicted octanol–water partition coefficient (Wildman–Crippen LogP) is 3.48. The monoisotopic (exact) mass is 259 g/mol. The lowest BCUT2D eigenvalue weighted by atomic mass is 9.84. The molecule has 0 spiro atoms. The molecular weight excluding hydrogens is 238 g/mol. The number of ether oxygens (including phenoxy) is 2. The Morgan fingerprint density at radius 1 is 1.26 bits per heavy atom. The van der Waals surface area contributed by atoms with Crippen LogP contribution in [0.3, 0.4) is 0 Å². The van der Waals surface area contributed by atoms with E-state index in [1.54, 1.807) is 7.11 Å². The molecule has 0 aliphatic carbocycles. The van der Waals surface area contributed by atoms with Gasteiger partial charge in [-0.15, -0.1) is 0 Å². The first-order valence-electron chi connectivity index (χ1n) is 6.80. The maximum absolute atomic E-state index is 5.67. The third-order valence-corrected chi connectivity index (χ3v) is 3.82. The third kappa shape index (κ3) is 1.84. The molecule has 102 valence electrons. The van der Waals surface area contributed by atoms with E-state index in [0.717, 1.165) is 18.9 Å². The summed E-state index contributed by atoms with van der Waals surface area (Å²) in [6.45, 7) is 9.16. The molecular formula is C16H21NO2. The highest BCUT2D eigenvalue weighted by Crippen LogP contribution is 2.40. The first-order chi connectivity index (χ1) is 9.04. The van der Waals surface area contributed by atoms with Crippen molar-refractivity contribution in [2.24, 2.45) is 0 Å². The molecule has 0 fully saturated rings. The minimum Gasteiger partial charge on any atom is -0.495 e. The average molecular weight is 259 g/mol. The molecule has 2 heterocycles. The van der Waals surface area contributed by atoms with Crippen LogP contribution in [0.2, 0.25) is 0 Å². The molecule has 1 aliphatic rings. The molecule has 1 aliphatic heterocycles. The Hall–Kier alpha value is -1.48. The molecule has 0 unspecified atom stereocenters. The molecule has 0 amide bonds. The van der Waals surface area contributed by atoms with Crippen LogP contribution in [0.15, 0.2) is 18.2 Å². The summed E-state index contributed by atoms with van der Waals surface area (Å²) in [6, 6.07) is 6.31. The van der Waals surface area contributed by atoms with E-state index in [4.69, 9.17) is 9.47 Å². The third-order valence-electron chi connectivity index (χ3n) is 3.82. The Bertz CT molecular complexity index is 620. The van der Waals surface area contributed by atoms with Crippen LogP contribution in [0, 0.1) is 0 Å². The maximum Gasteiger partial charge on any atom is 0.143 e. The predicted molar refractivity (Wildman–Crippen MR) is 76.8 cm³/mol. The normalized spacial score (nSPS) is 15.6. The first-order valence-corrected chi connectivity index (χ1v) is 6.80. The largest absolute Gasteiger partial charge is 0.495 e. The van der Waals surface area contributed by atoms with Crippen molar-refractivity contribution >= 4 is 10.9 Å². The van der Waals surface area contributed by atoms with Crippen LogP contribution in [-0.2, 0) is 23.3 Å². The fraction of sp³-hybridized carbons (Fsp3) is 0.500. The molecule has 2 aromatic rings. The van der Waals surface area contributed by atoms with Gasteiger partial charge < -0.3 is 14.0 Å². The highest BCUT2D eigenvalue weighted by Gasteiger charge is 2.28. The molecule has 0 radical (unpaired) electrons. The van der Waals surface area contributed by atoms with Crippen LogP contribution in [-0.4, -0.2) is 18.3 Å². The summed E-state index contributed by atoms with van der Waals surface area (Å²) < 4.78 is 13.6. The second-order valence-electron chi connectivity index (χ2n) is 6.13. The number of nitrogens with zero attached hydrogens (tertiary/aromatic N) is 1. The molecule has 19 heavy (non-hydrogen) atoms. The fourth-order valence-corrected chi connectivity index (χ4v) is 3.15. The van der Waals surface area contributed by atoms with E-state index in [-0.39, 0.29) is 5.41 Å². The first kappa shape index (κ1) is 12.5. The van der Waals surface area contributed by atoms with Gasteiger partial charge in [0.25, 0.3) is 0 Å². The van der Waals surface area contributed by atoms with Gasteiger partial charge in [-0.1, -0.05) is 32.9 Å². The molecule has 0 atom stereocenters. The van der Waals surface area contributed by atoms with Crippen molar-refractivity contribution in [3.05, 3.63) is 29.5 Å². The van der Waals surface area contributed by atoms with Gasteiger partial charge in [0.1, 0.15) is 5.75 Å². The Morgan fingerprint density at radius 2 is 2.05 bits per heavy atom. The summed E-state index contributed by atoms with van der Waals surface area (Å²) in [5, 5.41) is 1.30. The highest BCUT2D eigenvalue weighted by atomic mass is 16.5.